The Bertz CT molecular complexity index is 395. The van der Waals surface area contributed by atoms with Gasteiger partial charge in [0.2, 0.25) is 5.91 Å². The van der Waals surface area contributed by atoms with Crippen molar-refractivity contribution in [1.29, 1.82) is 0 Å². The van der Waals surface area contributed by atoms with E-state index >= 15 is 0 Å². The molecule has 2 aromatic rings. The number of amides is 1. The molecule has 2 rings (SSSR count). The van der Waals surface area contributed by atoms with E-state index in [9.17, 15) is 4.79 Å². The van der Waals surface area contributed by atoms with Gasteiger partial charge in [-0.3, -0.25) is 4.79 Å². The van der Waals surface area contributed by atoms with E-state index in [2.05, 4.69) is 41.9 Å². The third kappa shape index (κ3) is 2.94. The number of para-hydroxylation sites is 1. The summed E-state index contributed by atoms with van der Waals surface area (Å²) in [6, 6.07) is 10.4. The van der Waals surface area contributed by atoms with Crippen LogP contribution in [0.15, 0.2) is 30.3 Å². The van der Waals surface area contributed by atoms with Crippen LogP contribution >= 0.6 is 0 Å². The average Bonchev–Trinajstić information content (AvgIpc) is 2.42. The van der Waals surface area contributed by atoms with E-state index in [4.69, 9.17) is 0 Å². The topological polar surface area (TPSA) is 58.9 Å². The molecule has 0 bridgehead atoms. The highest BCUT2D eigenvalue weighted by Gasteiger charge is 1.92. The van der Waals surface area contributed by atoms with E-state index in [0.717, 1.165) is 0 Å². The Hall–Kier alpha value is -1.77. The number of aromatic nitrogens is 1. The van der Waals surface area contributed by atoms with Crippen LogP contribution in [0.4, 0.5) is 0 Å². The minimum atomic E-state index is -0.333. The fraction of sp³-hybridized carbons (Fsp3) is 0.182. The number of H-pyrrole nitrogens is 1. The lowest BCUT2D eigenvalue weighted by Gasteiger charge is -1.83. The molecule has 1 aromatic carbocycles. The molecule has 0 aliphatic heterocycles. The van der Waals surface area contributed by atoms with Crippen molar-refractivity contribution >= 4 is 16.8 Å². The third-order valence-corrected chi connectivity index (χ3v) is 1.66. The minimum absolute atomic E-state index is 0.333. The molecule has 0 atom stereocenters. The number of benzene rings is 1. The lowest BCUT2D eigenvalue weighted by atomic mass is 10.2. The van der Waals surface area contributed by atoms with E-state index in [0.29, 0.717) is 0 Å². The van der Waals surface area contributed by atoms with Crippen LogP contribution in [0.5, 0.6) is 0 Å². The first-order chi connectivity index (χ1) is 6.59. The van der Waals surface area contributed by atoms with Gasteiger partial charge in [-0.25, -0.2) is 0 Å². The number of primary amides is 1. The smallest absolute Gasteiger partial charge is 0.214 e. The molecule has 3 nitrogen and oxygen atoms in total. The average molecular weight is 190 g/mol. The largest absolute Gasteiger partial charge is 0.370 e. The van der Waals surface area contributed by atoms with Crippen LogP contribution in [-0.2, 0) is 4.79 Å². The van der Waals surface area contributed by atoms with Gasteiger partial charge < -0.3 is 10.7 Å². The van der Waals surface area contributed by atoms with Gasteiger partial charge in [-0.15, -0.1) is 0 Å². The summed E-state index contributed by atoms with van der Waals surface area (Å²) >= 11 is 0. The maximum absolute atomic E-state index is 9.22. The van der Waals surface area contributed by atoms with Gasteiger partial charge in [0, 0.05) is 18.1 Å². The molecule has 1 amide bonds. The van der Waals surface area contributed by atoms with E-state index < -0.39 is 0 Å². The molecule has 0 saturated heterocycles. The summed E-state index contributed by atoms with van der Waals surface area (Å²) in [5.41, 5.74) is 6.92. The van der Waals surface area contributed by atoms with Gasteiger partial charge in [0.15, 0.2) is 0 Å². The number of nitrogens with one attached hydrogen (secondary N) is 1. The zero-order chi connectivity index (χ0) is 10.6. The highest BCUT2D eigenvalue weighted by molar-refractivity contribution is 5.79. The fourth-order valence-electron chi connectivity index (χ4n) is 1.22. The van der Waals surface area contributed by atoms with Crippen molar-refractivity contribution in [2.75, 3.05) is 0 Å². The number of hydrogen-bond acceptors (Lipinski definition) is 1. The van der Waals surface area contributed by atoms with Crippen molar-refractivity contribution in [2.45, 2.75) is 13.8 Å². The van der Waals surface area contributed by atoms with Gasteiger partial charge in [-0.2, -0.15) is 0 Å². The molecule has 0 saturated carbocycles. The summed E-state index contributed by atoms with van der Waals surface area (Å²) in [5.74, 6) is -0.333. The van der Waals surface area contributed by atoms with Crippen LogP contribution in [0.3, 0.4) is 0 Å². The Morgan fingerprint density at radius 1 is 1.36 bits per heavy atom. The van der Waals surface area contributed by atoms with Gasteiger partial charge in [-0.1, -0.05) is 18.2 Å². The van der Waals surface area contributed by atoms with Crippen LogP contribution in [-0.4, -0.2) is 10.9 Å². The van der Waals surface area contributed by atoms with E-state index in [1.165, 1.54) is 23.5 Å². The third-order valence-electron chi connectivity index (χ3n) is 1.66. The molecule has 0 spiro atoms. The number of carbonyl (C=O) groups is 1. The van der Waals surface area contributed by atoms with Crippen LogP contribution in [0.2, 0.25) is 0 Å². The number of rotatable bonds is 0. The van der Waals surface area contributed by atoms with Crippen LogP contribution < -0.4 is 5.73 Å². The van der Waals surface area contributed by atoms with Crippen molar-refractivity contribution < 1.29 is 4.79 Å². The monoisotopic (exact) mass is 190 g/mol. The summed E-state index contributed by atoms with van der Waals surface area (Å²) in [6.45, 7) is 3.38. The maximum Gasteiger partial charge on any atom is 0.214 e. The minimum Gasteiger partial charge on any atom is -0.370 e. The van der Waals surface area contributed by atoms with Crippen molar-refractivity contribution in [1.82, 2.24) is 4.98 Å². The molecule has 0 fully saturated rings. The second kappa shape index (κ2) is 4.46. The first kappa shape index (κ1) is 10.3. The highest BCUT2D eigenvalue weighted by Crippen LogP contribution is 2.12. The van der Waals surface area contributed by atoms with E-state index in [1.807, 2.05) is 6.07 Å². The summed E-state index contributed by atoms with van der Waals surface area (Å²) < 4.78 is 0. The van der Waals surface area contributed by atoms with Gasteiger partial charge in [0.05, 0.1) is 0 Å². The van der Waals surface area contributed by atoms with Gasteiger partial charge in [0.1, 0.15) is 0 Å². The molecule has 1 heterocycles. The first-order valence-corrected chi connectivity index (χ1v) is 4.40. The zero-order valence-electron chi connectivity index (χ0n) is 8.37. The standard InChI is InChI=1S/C9H9N.C2H5NO/c1-7-6-8-4-2-3-5-9(8)10-7;1-2(3)4/h2-6,10H,1H3;1H3,(H2,3,4). The zero-order valence-corrected chi connectivity index (χ0v) is 8.37. The van der Waals surface area contributed by atoms with Crippen molar-refractivity contribution in [3.63, 3.8) is 0 Å². The highest BCUT2D eigenvalue weighted by atomic mass is 16.1. The van der Waals surface area contributed by atoms with E-state index in [1.54, 1.807) is 0 Å². The molecular weight excluding hydrogens is 176 g/mol. The molecule has 1 aromatic heterocycles. The van der Waals surface area contributed by atoms with Crippen LogP contribution in [0.1, 0.15) is 12.6 Å². The van der Waals surface area contributed by atoms with Gasteiger partial charge in [-0.05, 0) is 24.4 Å². The second-order valence-corrected chi connectivity index (χ2v) is 3.15. The predicted molar refractivity (Wildman–Crippen MR) is 57.9 cm³/mol. The molecule has 3 N–H and O–H groups in total. The summed E-state index contributed by atoms with van der Waals surface area (Å²) in [5, 5.41) is 1.29. The summed E-state index contributed by atoms with van der Waals surface area (Å²) in [4.78, 5) is 12.5. The number of nitrogens with two attached hydrogens (primary N) is 1. The Morgan fingerprint density at radius 2 is 1.93 bits per heavy atom. The number of carbonyl (C=O) groups excluding carboxylic acids is 1. The lowest BCUT2D eigenvalue weighted by Crippen LogP contribution is -2.01. The molecule has 74 valence electrons. The molecule has 0 unspecified atom stereocenters. The normalized spacial score (nSPS) is 9.29. The maximum atomic E-state index is 9.22. The molecule has 14 heavy (non-hydrogen) atoms. The Balaban J connectivity index is 0.000000213. The quantitative estimate of drug-likeness (QED) is 0.655. The molecular formula is C11H14N2O. The molecule has 0 radical (unpaired) electrons. The fourth-order valence-corrected chi connectivity index (χ4v) is 1.22. The Kier molecular flexibility index (Phi) is 3.29. The van der Waals surface area contributed by atoms with Crippen molar-refractivity contribution in [2.24, 2.45) is 5.73 Å². The lowest BCUT2D eigenvalue weighted by molar-refractivity contribution is -0.115. The SMILES string of the molecule is CC(N)=O.Cc1cc2ccccc2[nH]1. The molecule has 0 aliphatic carbocycles. The summed E-state index contributed by atoms with van der Waals surface area (Å²) in [7, 11) is 0. The Labute approximate surface area is 82.9 Å². The van der Waals surface area contributed by atoms with E-state index in [-0.39, 0.29) is 5.91 Å². The second-order valence-electron chi connectivity index (χ2n) is 3.15. The number of hydrogen-bond donors (Lipinski definition) is 2. The van der Waals surface area contributed by atoms with Crippen molar-refractivity contribution in [3.05, 3.63) is 36.0 Å². The molecule has 0 aliphatic rings. The van der Waals surface area contributed by atoms with Gasteiger partial charge in [0.25, 0.3) is 0 Å². The van der Waals surface area contributed by atoms with Crippen LogP contribution in [0, 0.1) is 6.92 Å². The van der Waals surface area contributed by atoms with Crippen LogP contribution in [0.25, 0.3) is 10.9 Å². The van der Waals surface area contributed by atoms with Crippen molar-refractivity contribution in [3.8, 4) is 0 Å². The Morgan fingerprint density at radius 3 is 2.50 bits per heavy atom. The summed E-state index contributed by atoms with van der Waals surface area (Å²) in [6.07, 6.45) is 0. The number of aryl methyl sites for hydroxylation is 1. The number of aromatic amines is 1. The number of fused-ring (bicyclic) bond motifs is 1. The predicted octanol–water partition coefficient (Wildman–Crippen LogP) is 1.97. The molecule has 3 heteroatoms. The first-order valence-electron chi connectivity index (χ1n) is 4.40. The van der Waals surface area contributed by atoms with Gasteiger partial charge >= 0.3 is 0 Å².